The van der Waals surface area contributed by atoms with Crippen molar-refractivity contribution in [3.05, 3.63) is 59.2 Å². The topological polar surface area (TPSA) is 64.6 Å². The normalized spacial score (nSPS) is 11.8. The lowest BCUT2D eigenvalue weighted by Gasteiger charge is -2.16. The van der Waals surface area contributed by atoms with Crippen LogP contribution >= 0.6 is 0 Å². The molecule has 26 heavy (non-hydrogen) atoms. The fourth-order valence-electron chi connectivity index (χ4n) is 2.30. The molecule has 0 spiro atoms. The van der Waals surface area contributed by atoms with E-state index in [9.17, 15) is 18.4 Å². The smallest absolute Gasteiger partial charge is 0.387 e. The van der Waals surface area contributed by atoms with Crippen molar-refractivity contribution in [2.24, 2.45) is 0 Å². The van der Waals surface area contributed by atoms with E-state index < -0.39 is 24.6 Å². The van der Waals surface area contributed by atoms with Gasteiger partial charge in [0.15, 0.2) is 6.10 Å². The van der Waals surface area contributed by atoms with Gasteiger partial charge in [-0.25, -0.2) is 4.79 Å². The standard InChI is InChI=1S/C19H19F2NO4/c1-11-8-9-15(12(2)10-11)22-17(23)13(3)25-18(24)14-6-4-5-7-16(14)26-19(20)21/h4-10,13,19H,1-3H3,(H,22,23)/t13-/m1/s1. The number of aryl methyl sites for hydroxylation is 2. The number of amides is 1. The molecule has 0 saturated carbocycles. The van der Waals surface area contributed by atoms with Crippen LogP contribution in [0.2, 0.25) is 0 Å². The number of nitrogens with one attached hydrogen (secondary N) is 1. The van der Waals surface area contributed by atoms with E-state index in [4.69, 9.17) is 4.74 Å². The highest BCUT2D eigenvalue weighted by atomic mass is 19.3. The van der Waals surface area contributed by atoms with Crippen LogP contribution in [0.5, 0.6) is 5.75 Å². The number of alkyl halides is 2. The third kappa shape index (κ3) is 5.02. The Kier molecular flexibility index (Phi) is 6.27. The second-order valence-electron chi connectivity index (χ2n) is 5.73. The van der Waals surface area contributed by atoms with Crippen LogP contribution in [-0.4, -0.2) is 24.6 Å². The molecular weight excluding hydrogens is 344 g/mol. The Hall–Kier alpha value is -2.96. The van der Waals surface area contributed by atoms with Crippen LogP contribution in [0.4, 0.5) is 14.5 Å². The SMILES string of the molecule is Cc1ccc(NC(=O)[C@@H](C)OC(=O)c2ccccc2OC(F)F)c(C)c1. The zero-order chi connectivity index (χ0) is 19.3. The van der Waals surface area contributed by atoms with E-state index in [1.165, 1.54) is 31.2 Å². The second-order valence-corrected chi connectivity index (χ2v) is 5.73. The largest absolute Gasteiger partial charge is 0.449 e. The lowest BCUT2D eigenvalue weighted by molar-refractivity contribution is -0.123. The molecule has 7 heteroatoms. The Morgan fingerprint density at radius 1 is 1.08 bits per heavy atom. The van der Waals surface area contributed by atoms with Crippen molar-refractivity contribution >= 4 is 17.6 Å². The molecule has 2 rings (SSSR count). The number of esters is 1. The first-order valence-electron chi connectivity index (χ1n) is 7.91. The van der Waals surface area contributed by atoms with Gasteiger partial charge in [0.05, 0.1) is 0 Å². The van der Waals surface area contributed by atoms with Gasteiger partial charge in [0.2, 0.25) is 0 Å². The maximum absolute atomic E-state index is 12.4. The molecule has 2 aromatic rings. The lowest BCUT2D eigenvalue weighted by Crippen LogP contribution is -2.30. The average molecular weight is 363 g/mol. The number of hydrogen-bond donors (Lipinski definition) is 1. The molecule has 0 aromatic heterocycles. The third-order valence-electron chi connectivity index (χ3n) is 3.62. The molecule has 1 N–H and O–H groups in total. The van der Waals surface area contributed by atoms with Crippen molar-refractivity contribution in [3.63, 3.8) is 0 Å². The van der Waals surface area contributed by atoms with Gasteiger partial charge in [-0.2, -0.15) is 8.78 Å². The van der Waals surface area contributed by atoms with E-state index in [-0.39, 0.29) is 11.3 Å². The molecule has 0 aliphatic carbocycles. The quantitative estimate of drug-likeness (QED) is 0.785. The van der Waals surface area contributed by atoms with Gasteiger partial charge in [0, 0.05) is 5.69 Å². The van der Waals surface area contributed by atoms with Crippen LogP contribution in [0, 0.1) is 13.8 Å². The van der Waals surface area contributed by atoms with Gasteiger partial charge in [-0.3, -0.25) is 4.79 Å². The first-order valence-corrected chi connectivity index (χ1v) is 7.91. The third-order valence-corrected chi connectivity index (χ3v) is 3.62. The number of hydrogen-bond acceptors (Lipinski definition) is 4. The molecule has 0 aliphatic rings. The molecule has 0 radical (unpaired) electrons. The first kappa shape index (κ1) is 19.4. The molecule has 0 unspecified atom stereocenters. The summed E-state index contributed by atoms with van der Waals surface area (Å²) in [6.45, 7) is 2.10. The van der Waals surface area contributed by atoms with Gasteiger partial charge in [-0.15, -0.1) is 0 Å². The molecule has 0 aliphatic heterocycles. The monoisotopic (exact) mass is 363 g/mol. The predicted octanol–water partition coefficient (Wildman–Crippen LogP) is 4.09. The zero-order valence-corrected chi connectivity index (χ0v) is 14.6. The molecule has 1 amide bonds. The summed E-state index contributed by atoms with van der Waals surface area (Å²) < 4.78 is 34.2. The molecule has 1 atom stereocenters. The minimum Gasteiger partial charge on any atom is -0.449 e. The molecule has 0 heterocycles. The number of carbonyl (C=O) groups is 2. The van der Waals surface area contributed by atoms with Crippen molar-refractivity contribution < 1.29 is 27.8 Å². The van der Waals surface area contributed by atoms with Gasteiger partial charge in [0.1, 0.15) is 11.3 Å². The zero-order valence-electron chi connectivity index (χ0n) is 14.6. The fourth-order valence-corrected chi connectivity index (χ4v) is 2.30. The number of halogens is 2. The van der Waals surface area contributed by atoms with Gasteiger partial charge in [-0.05, 0) is 44.5 Å². The predicted molar refractivity (Wildman–Crippen MR) is 92.5 cm³/mol. The Bertz CT molecular complexity index is 808. The summed E-state index contributed by atoms with van der Waals surface area (Å²) in [5.41, 5.74) is 2.34. The van der Waals surface area contributed by atoms with E-state index in [2.05, 4.69) is 10.1 Å². The summed E-state index contributed by atoms with van der Waals surface area (Å²) >= 11 is 0. The summed E-state index contributed by atoms with van der Waals surface area (Å²) in [5.74, 6) is -1.77. The molecule has 2 aromatic carbocycles. The van der Waals surface area contributed by atoms with E-state index in [0.717, 1.165) is 11.1 Å². The first-order chi connectivity index (χ1) is 12.3. The van der Waals surface area contributed by atoms with Crippen molar-refractivity contribution in [3.8, 4) is 5.75 Å². The Labute approximate surface area is 149 Å². The molecule has 0 bridgehead atoms. The summed E-state index contributed by atoms with van der Waals surface area (Å²) in [6, 6.07) is 10.9. The minimum absolute atomic E-state index is 0.182. The van der Waals surface area contributed by atoms with Crippen LogP contribution in [0.3, 0.4) is 0 Å². The number of para-hydroxylation sites is 1. The minimum atomic E-state index is -3.07. The van der Waals surface area contributed by atoms with Crippen molar-refractivity contribution in [1.82, 2.24) is 0 Å². The second kappa shape index (κ2) is 8.42. The summed E-state index contributed by atoms with van der Waals surface area (Å²) in [6.07, 6.45) is -1.12. The molecular formula is C19H19F2NO4. The Morgan fingerprint density at radius 2 is 1.77 bits per heavy atom. The van der Waals surface area contributed by atoms with Crippen molar-refractivity contribution in [1.29, 1.82) is 0 Å². The molecule has 5 nitrogen and oxygen atoms in total. The van der Waals surface area contributed by atoms with Crippen LogP contribution in [-0.2, 0) is 9.53 Å². The number of carbonyl (C=O) groups excluding carboxylic acids is 2. The van der Waals surface area contributed by atoms with Gasteiger partial charge in [0.25, 0.3) is 5.91 Å². The maximum Gasteiger partial charge on any atom is 0.387 e. The Morgan fingerprint density at radius 3 is 2.42 bits per heavy atom. The van der Waals surface area contributed by atoms with Crippen LogP contribution < -0.4 is 10.1 Å². The molecule has 138 valence electrons. The maximum atomic E-state index is 12.4. The van der Waals surface area contributed by atoms with E-state index in [1.54, 1.807) is 6.07 Å². The van der Waals surface area contributed by atoms with Crippen LogP contribution in [0.1, 0.15) is 28.4 Å². The van der Waals surface area contributed by atoms with E-state index in [1.807, 2.05) is 26.0 Å². The number of rotatable bonds is 6. The highest BCUT2D eigenvalue weighted by molar-refractivity contribution is 5.98. The average Bonchev–Trinajstić information content (AvgIpc) is 2.57. The summed E-state index contributed by atoms with van der Waals surface area (Å²) in [5, 5.41) is 2.67. The fraction of sp³-hybridized carbons (Fsp3) is 0.263. The van der Waals surface area contributed by atoms with E-state index >= 15 is 0 Å². The van der Waals surface area contributed by atoms with Gasteiger partial charge in [-0.1, -0.05) is 29.8 Å². The summed E-state index contributed by atoms with van der Waals surface area (Å²) in [4.78, 5) is 24.4. The number of anilines is 1. The van der Waals surface area contributed by atoms with Crippen LogP contribution in [0.25, 0.3) is 0 Å². The van der Waals surface area contributed by atoms with Crippen molar-refractivity contribution in [2.75, 3.05) is 5.32 Å². The van der Waals surface area contributed by atoms with E-state index in [0.29, 0.717) is 5.69 Å². The van der Waals surface area contributed by atoms with Gasteiger partial charge < -0.3 is 14.8 Å². The van der Waals surface area contributed by atoms with Gasteiger partial charge >= 0.3 is 12.6 Å². The number of ether oxygens (including phenoxy) is 2. The van der Waals surface area contributed by atoms with Crippen molar-refractivity contribution in [2.45, 2.75) is 33.5 Å². The number of benzene rings is 2. The Balaban J connectivity index is 2.06. The molecule has 0 saturated heterocycles. The highest BCUT2D eigenvalue weighted by Gasteiger charge is 2.22. The van der Waals surface area contributed by atoms with Crippen LogP contribution in [0.15, 0.2) is 42.5 Å². The lowest BCUT2D eigenvalue weighted by atomic mass is 10.1. The summed E-state index contributed by atoms with van der Waals surface area (Å²) in [7, 11) is 0. The highest BCUT2D eigenvalue weighted by Crippen LogP contribution is 2.22. The molecule has 0 fully saturated rings.